The molecule has 5 heteroatoms. The number of halogens is 1. The van der Waals surface area contributed by atoms with Crippen molar-refractivity contribution < 1.29 is 9.21 Å². The maximum absolute atomic E-state index is 11.3. The van der Waals surface area contributed by atoms with E-state index in [-0.39, 0.29) is 5.91 Å². The van der Waals surface area contributed by atoms with Crippen LogP contribution in [0.3, 0.4) is 0 Å². The Morgan fingerprint density at radius 3 is 2.92 bits per heavy atom. The van der Waals surface area contributed by atoms with Gasteiger partial charge in [0.25, 0.3) is 5.91 Å². The Balaban J connectivity index is 2.40. The van der Waals surface area contributed by atoms with Crippen molar-refractivity contribution in [2.45, 2.75) is 0 Å². The van der Waals surface area contributed by atoms with Gasteiger partial charge in [0, 0.05) is 19.2 Å². The highest BCUT2D eigenvalue weighted by Gasteiger charge is 2.07. The lowest BCUT2D eigenvalue weighted by Crippen LogP contribution is -2.30. The summed E-state index contributed by atoms with van der Waals surface area (Å²) in [7, 11) is 1.83. The Morgan fingerprint density at radius 1 is 1.62 bits per heavy atom. The molecule has 1 heterocycles. The monoisotopic (exact) mass is 246 g/mol. The highest BCUT2D eigenvalue weighted by molar-refractivity contribution is 9.10. The summed E-state index contributed by atoms with van der Waals surface area (Å²) in [6.45, 7) is 1.36. The molecule has 4 nitrogen and oxygen atoms in total. The zero-order valence-electron chi connectivity index (χ0n) is 7.26. The average Bonchev–Trinajstić information content (AvgIpc) is 2.52. The van der Waals surface area contributed by atoms with Crippen molar-refractivity contribution in [1.82, 2.24) is 10.6 Å². The van der Waals surface area contributed by atoms with E-state index in [1.54, 1.807) is 6.07 Å². The van der Waals surface area contributed by atoms with Gasteiger partial charge in [-0.05, 0) is 23.0 Å². The SMILES string of the molecule is CNCCNC(=O)c1coc(Br)c1. The van der Waals surface area contributed by atoms with Gasteiger partial charge in [-0.3, -0.25) is 4.79 Å². The smallest absolute Gasteiger partial charge is 0.254 e. The van der Waals surface area contributed by atoms with Crippen LogP contribution in [-0.4, -0.2) is 26.0 Å². The highest BCUT2D eigenvalue weighted by Crippen LogP contribution is 2.13. The summed E-state index contributed by atoms with van der Waals surface area (Å²) in [5.74, 6) is -0.121. The van der Waals surface area contributed by atoms with Crippen LogP contribution in [0.5, 0.6) is 0 Å². The fraction of sp³-hybridized carbons (Fsp3) is 0.375. The minimum absolute atomic E-state index is 0.121. The molecule has 0 saturated heterocycles. The number of rotatable bonds is 4. The third kappa shape index (κ3) is 3.20. The molecule has 0 atom stereocenters. The van der Waals surface area contributed by atoms with Crippen LogP contribution in [0.15, 0.2) is 21.4 Å². The molecule has 0 spiro atoms. The Labute approximate surface area is 84.8 Å². The lowest BCUT2D eigenvalue weighted by atomic mass is 10.3. The van der Waals surface area contributed by atoms with Gasteiger partial charge < -0.3 is 15.1 Å². The standard InChI is InChI=1S/C8H11BrN2O2/c1-10-2-3-11-8(12)6-4-7(9)13-5-6/h4-5,10H,2-3H2,1H3,(H,11,12). The van der Waals surface area contributed by atoms with Gasteiger partial charge in [0.05, 0.1) is 5.56 Å². The quantitative estimate of drug-likeness (QED) is 0.780. The van der Waals surface area contributed by atoms with E-state index in [2.05, 4.69) is 26.6 Å². The zero-order chi connectivity index (χ0) is 9.68. The topological polar surface area (TPSA) is 54.3 Å². The number of furan rings is 1. The van der Waals surface area contributed by atoms with Crippen LogP contribution >= 0.6 is 15.9 Å². The van der Waals surface area contributed by atoms with Crippen molar-refractivity contribution in [2.75, 3.05) is 20.1 Å². The van der Waals surface area contributed by atoms with Crippen LogP contribution in [0.4, 0.5) is 0 Å². The molecular weight excluding hydrogens is 236 g/mol. The molecule has 2 N–H and O–H groups in total. The van der Waals surface area contributed by atoms with Crippen molar-refractivity contribution >= 4 is 21.8 Å². The molecule has 1 rings (SSSR count). The maximum atomic E-state index is 11.3. The summed E-state index contributed by atoms with van der Waals surface area (Å²) in [5.41, 5.74) is 0.531. The average molecular weight is 247 g/mol. The first kappa shape index (κ1) is 10.3. The van der Waals surface area contributed by atoms with E-state index in [9.17, 15) is 4.79 Å². The summed E-state index contributed by atoms with van der Waals surface area (Å²) in [5, 5.41) is 5.66. The number of carbonyl (C=O) groups is 1. The molecule has 0 unspecified atom stereocenters. The summed E-state index contributed by atoms with van der Waals surface area (Å²) in [6.07, 6.45) is 1.42. The molecule has 0 aliphatic rings. The molecule has 0 bridgehead atoms. The molecule has 1 amide bonds. The van der Waals surface area contributed by atoms with Gasteiger partial charge in [0.15, 0.2) is 4.67 Å². The van der Waals surface area contributed by atoms with Crippen molar-refractivity contribution in [3.05, 3.63) is 22.6 Å². The number of hydrogen-bond acceptors (Lipinski definition) is 3. The van der Waals surface area contributed by atoms with Crippen LogP contribution in [0.2, 0.25) is 0 Å². The summed E-state index contributed by atoms with van der Waals surface area (Å²) in [6, 6.07) is 1.63. The van der Waals surface area contributed by atoms with Gasteiger partial charge in [-0.15, -0.1) is 0 Å². The number of likely N-dealkylation sites (N-methyl/N-ethyl adjacent to an activating group) is 1. The molecule has 72 valence electrons. The molecule has 0 saturated carbocycles. The lowest BCUT2D eigenvalue weighted by molar-refractivity contribution is 0.0953. The van der Waals surface area contributed by atoms with Gasteiger partial charge in [-0.2, -0.15) is 0 Å². The highest BCUT2D eigenvalue weighted by atomic mass is 79.9. The molecule has 0 aliphatic carbocycles. The predicted octanol–water partition coefficient (Wildman–Crippen LogP) is 0.991. The maximum Gasteiger partial charge on any atom is 0.254 e. The fourth-order valence-electron chi connectivity index (χ4n) is 0.832. The Kier molecular flexibility index (Phi) is 3.98. The van der Waals surface area contributed by atoms with Crippen LogP contribution in [0, 0.1) is 0 Å². The van der Waals surface area contributed by atoms with Gasteiger partial charge >= 0.3 is 0 Å². The largest absolute Gasteiger partial charge is 0.457 e. The molecule has 1 aromatic rings. The number of hydrogen-bond donors (Lipinski definition) is 2. The Bertz CT molecular complexity index is 285. The fourth-order valence-corrected chi connectivity index (χ4v) is 1.17. The van der Waals surface area contributed by atoms with Gasteiger partial charge in [0.2, 0.25) is 0 Å². The summed E-state index contributed by atoms with van der Waals surface area (Å²) in [4.78, 5) is 11.3. The first-order valence-electron chi connectivity index (χ1n) is 3.91. The second-order valence-electron chi connectivity index (χ2n) is 2.50. The van der Waals surface area contributed by atoms with E-state index < -0.39 is 0 Å². The third-order valence-corrected chi connectivity index (χ3v) is 1.91. The predicted molar refractivity (Wildman–Crippen MR) is 52.7 cm³/mol. The molecular formula is C8H11BrN2O2. The van der Waals surface area contributed by atoms with Crippen molar-refractivity contribution in [2.24, 2.45) is 0 Å². The van der Waals surface area contributed by atoms with E-state index in [0.29, 0.717) is 16.8 Å². The van der Waals surface area contributed by atoms with Crippen molar-refractivity contribution in [3.63, 3.8) is 0 Å². The summed E-state index contributed by atoms with van der Waals surface area (Å²) < 4.78 is 5.49. The molecule has 13 heavy (non-hydrogen) atoms. The van der Waals surface area contributed by atoms with E-state index in [0.717, 1.165) is 6.54 Å². The van der Waals surface area contributed by atoms with Gasteiger partial charge in [0.1, 0.15) is 6.26 Å². The van der Waals surface area contributed by atoms with Gasteiger partial charge in [-0.1, -0.05) is 0 Å². The molecule has 0 aromatic carbocycles. The van der Waals surface area contributed by atoms with Crippen LogP contribution in [0.25, 0.3) is 0 Å². The summed E-state index contributed by atoms with van der Waals surface area (Å²) >= 11 is 3.12. The minimum atomic E-state index is -0.121. The molecule has 0 fully saturated rings. The van der Waals surface area contributed by atoms with Crippen molar-refractivity contribution in [1.29, 1.82) is 0 Å². The second kappa shape index (κ2) is 5.04. The van der Waals surface area contributed by atoms with Crippen molar-refractivity contribution in [3.8, 4) is 0 Å². The minimum Gasteiger partial charge on any atom is -0.457 e. The van der Waals surface area contributed by atoms with Gasteiger partial charge in [-0.25, -0.2) is 0 Å². The molecule has 0 radical (unpaired) electrons. The second-order valence-corrected chi connectivity index (χ2v) is 3.28. The molecule has 1 aromatic heterocycles. The first-order valence-corrected chi connectivity index (χ1v) is 4.70. The normalized spacial score (nSPS) is 10.0. The number of amides is 1. The Hall–Kier alpha value is -0.810. The van der Waals surface area contributed by atoms with E-state index >= 15 is 0 Å². The molecule has 0 aliphatic heterocycles. The number of nitrogens with one attached hydrogen (secondary N) is 2. The van der Waals surface area contributed by atoms with Crippen LogP contribution in [0.1, 0.15) is 10.4 Å². The lowest BCUT2D eigenvalue weighted by Gasteiger charge is -2.01. The third-order valence-electron chi connectivity index (χ3n) is 1.49. The van der Waals surface area contributed by atoms with Crippen LogP contribution in [-0.2, 0) is 0 Å². The van der Waals surface area contributed by atoms with Crippen LogP contribution < -0.4 is 10.6 Å². The van der Waals surface area contributed by atoms with E-state index in [4.69, 9.17) is 4.42 Å². The van der Waals surface area contributed by atoms with E-state index in [1.807, 2.05) is 7.05 Å². The van der Waals surface area contributed by atoms with E-state index in [1.165, 1.54) is 6.26 Å². The zero-order valence-corrected chi connectivity index (χ0v) is 8.85. The Morgan fingerprint density at radius 2 is 2.38 bits per heavy atom. The first-order chi connectivity index (χ1) is 6.24. The number of carbonyl (C=O) groups excluding carboxylic acids is 1.